The summed E-state index contributed by atoms with van der Waals surface area (Å²) in [5.41, 5.74) is -0.365. The van der Waals surface area contributed by atoms with Crippen molar-refractivity contribution in [1.29, 1.82) is 0 Å². The molecular weight excluding hydrogens is 359 g/mol. The summed E-state index contributed by atoms with van der Waals surface area (Å²) in [6.07, 6.45) is -3.99. The van der Waals surface area contributed by atoms with Crippen LogP contribution in [0, 0.1) is 0 Å². The van der Waals surface area contributed by atoms with Crippen LogP contribution in [0.25, 0.3) is 10.9 Å². The highest BCUT2D eigenvalue weighted by molar-refractivity contribution is 5.90. The van der Waals surface area contributed by atoms with Crippen LogP contribution < -0.4 is 10.9 Å². The molecule has 3 aromatic rings. The highest BCUT2D eigenvalue weighted by Gasteiger charge is 2.30. The molecule has 1 N–H and O–H groups in total. The van der Waals surface area contributed by atoms with Gasteiger partial charge in [0.1, 0.15) is 12.4 Å². The van der Waals surface area contributed by atoms with Crippen molar-refractivity contribution in [3.05, 3.63) is 70.3 Å². The second-order valence-corrected chi connectivity index (χ2v) is 5.91. The van der Waals surface area contributed by atoms with E-state index in [1.807, 2.05) is 6.92 Å². The number of nitrogens with zero attached hydrogens (tertiary/aromatic N) is 2. The van der Waals surface area contributed by atoms with E-state index in [9.17, 15) is 22.8 Å². The van der Waals surface area contributed by atoms with Gasteiger partial charge in [-0.3, -0.25) is 14.2 Å². The van der Waals surface area contributed by atoms with Crippen molar-refractivity contribution in [2.24, 2.45) is 0 Å². The quantitative estimate of drug-likeness (QED) is 0.758. The molecule has 0 aliphatic carbocycles. The molecule has 0 bridgehead atoms. The minimum Gasteiger partial charge on any atom is -0.325 e. The maximum Gasteiger partial charge on any atom is 0.416 e. The number of anilines is 1. The van der Waals surface area contributed by atoms with E-state index in [1.165, 1.54) is 16.7 Å². The standard InChI is InChI=1S/C19H16F3N3O2/c1-2-16-24-15-6-4-3-5-14(15)18(27)25(16)11-17(26)23-13-9-7-12(8-10-13)19(20,21)22/h3-10H,2,11H2,1H3,(H,23,26). The number of fused-ring (bicyclic) bond motifs is 1. The number of hydrogen-bond donors (Lipinski definition) is 1. The molecule has 0 saturated carbocycles. The third-order valence-corrected chi connectivity index (χ3v) is 4.05. The first-order valence-electron chi connectivity index (χ1n) is 8.25. The van der Waals surface area contributed by atoms with Crippen LogP contribution >= 0.6 is 0 Å². The number of amides is 1. The molecule has 0 aliphatic heterocycles. The molecule has 27 heavy (non-hydrogen) atoms. The van der Waals surface area contributed by atoms with E-state index in [2.05, 4.69) is 10.3 Å². The Morgan fingerprint density at radius 3 is 2.41 bits per heavy atom. The van der Waals surface area contributed by atoms with Gasteiger partial charge in [-0.1, -0.05) is 19.1 Å². The van der Waals surface area contributed by atoms with Crippen LogP contribution in [-0.4, -0.2) is 15.5 Å². The Kier molecular flexibility index (Phi) is 4.98. The Morgan fingerprint density at radius 1 is 1.11 bits per heavy atom. The number of halogens is 3. The van der Waals surface area contributed by atoms with Crippen molar-refractivity contribution in [2.75, 3.05) is 5.32 Å². The van der Waals surface area contributed by atoms with Crippen LogP contribution in [-0.2, 0) is 23.9 Å². The van der Waals surface area contributed by atoms with Gasteiger partial charge in [0.2, 0.25) is 5.91 Å². The van der Waals surface area contributed by atoms with E-state index in [-0.39, 0.29) is 17.8 Å². The Balaban J connectivity index is 1.84. The highest BCUT2D eigenvalue weighted by atomic mass is 19.4. The molecule has 0 fully saturated rings. The molecule has 5 nitrogen and oxygen atoms in total. The largest absolute Gasteiger partial charge is 0.416 e. The molecule has 8 heteroatoms. The van der Waals surface area contributed by atoms with Gasteiger partial charge < -0.3 is 5.32 Å². The Bertz CT molecular complexity index is 1040. The second kappa shape index (κ2) is 7.22. The van der Waals surface area contributed by atoms with Gasteiger partial charge in [0.05, 0.1) is 16.5 Å². The molecule has 0 atom stereocenters. The molecule has 1 heterocycles. The average Bonchev–Trinajstić information content (AvgIpc) is 2.63. The minimum atomic E-state index is -4.44. The summed E-state index contributed by atoms with van der Waals surface area (Å²) in [5, 5.41) is 2.90. The first-order valence-corrected chi connectivity index (χ1v) is 8.25. The van der Waals surface area contributed by atoms with Crippen molar-refractivity contribution in [3.8, 4) is 0 Å². The zero-order valence-corrected chi connectivity index (χ0v) is 14.4. The molecule has 140 valence electrons. The van der Waals surface area contributed by atoms with E-state index in [4.69, 9.17) is 0 Å². The van der Waals surface area contributed by atoms with Crippen LogP contribution in [0.1, 0.15) is 18.3 Å². The summed E-state index contributed by atoms with van der Waals surface area (Å²) < 4.78 is 39.1. The predicted molar refractivity (Wildman–Crippen MR) is 95.5 cm³/mol. The van der Waals surface area contributed by atoms with Gasteiger partial charge in [-0.05, 0) is 36.4 Å². The zero-order chi connectivity index (χ0) is 19.6. The monoisotopic (exact) mass is 375 g/mol. The summed E-state index contributed by atoms with van der Waals surface area (Å²) in [5.74, 6) is -0.0649. The van der Waals surface area contributed by atoms with E-state index in [0.29, 0.717) is 23.1 Å². The number of rotatable bonds is 4. The molecule has 0 saturated heterocycles. The number of aryl methyl sites for hydroxylation is 1. The number of aromatic nitrogens is 2. The number of carbonyl (C=O) groups excluding carboxylic acids is 1. The van der Waals surface area contributed by atoms with E-state index >= 15 is 0 Å². The first kappa shape index (κ1) is 18.6. The molecule has 0 spiro atoms. The fourth-order valence-corrected chi connectivity index (χ4v) is 2.73. The van der Waals surface area contributed by atoms with Gasteiger partial charge >= 0.3 is 6.18 Å². The van der Waals surface area contributed by atoms with Gasteiger partial charge in [-0.25, -0.2) is 4.98 Å². The molecular formula is C19H16F3N3O2. The Morgan fingerprint density at radius 2 is 1.78 bits per heavy atom. The van der Waals surface area contributed by atoms with Crippen LogP contribution in [0.5, 0.6) is 0 Å². The maximum absolute atomic E-state index is 12.7. The lowest BCUT2D eigenvalue weighted by Crippen LogP contribution is -2.31. The van der Waals surface area contributed by atoms with Crippen molar-refractivity contribution in [1.82, 2.24) is 9.55 Å². The average molecular weight is 375 g/mol. The van der Waals surface area contributed by atoms with Crippen molar-refractivity contribution in [2.45, 2.75) is 26.1 Å². The van der Waals surface area contributed by atoms with Crippen molar-refractivity contribution >= 4 is 22.5 Å². The fourth-order valence-electron chi connectivity index (χ4n) is 2.73. The Hall–Kier alpha value is -3.16. The van der Waals surface area contributed by atoms with Crippen LogP contribution in [0.2, 0.25) is 0 Å². The summed E-state index contributed by atoms with van der Waals surface area (Å²) in [7, 11) is 0. The van der Waals surface area contributed by atoms with E-state index < -0.39 is 17.6 Å². The molecule has 1 aromatic heterocycles. The molecule has 1 amide bonds. The predicted octanol–water partition coefficient (Wildman–Crippen LogP) is 3.62. The number of carbonyl (C=O) groups is 1. The van der Waals surface area contributed by atoms with Crippen LogP contribution in [0.3, 0.4) is 0 Å². The van der Waals surface area contributed by atoms with Crippen molar-refractivity contribution in [3.63, 3.8) is 0 Å². The molecule has 0 unspecified atom stereocenters. The number of para-hydroxylation sites is 1. The molecule has 0 radical (unpaired) electrons. The number of hydrogen-bond acceptors (Lipinski definition) is 3. The van der Waals surface area contributed by atoms with Crippen LogP contribution in [0.15, 0.2) is 53.3 Å². The van der Waals surface area contributed by atoms with E-state index in [1.54, 1.807) is 24.3 Å². The van der Waals surface area contributed by atoms with E-state index in [0.717, 1.165) is 12.1 Å². The highest BCUT2D eigenvalue weighted by Crippen LogP contribution is 2.29. The topological polar surface area (TPSA) is 64.0 Å². The SMILES string of the molecule is CCc1nc2ccccc2c(=O)n1CC(=O)Nc1ccc(C(F)(F)F)cc1. The molecule has 2 aromatic carbocycles. The lowest BCUT2D eigenvalue weighted by Gasteiger charge is -2.13. The van der Waals surface area contributed by atoms with Gasteiger partial charge in [0.25, 0.3) is 5.56 Å². The lowest BCUT2D eigenvalue weighted by atomic mass is 10.2. The summed E-state index contributed by atoms with van der Waals surface area (Å²) >= 11 is 0. The van der Waals surface area contributed by atoms with Crippen molar-refractivity contribution < 1.29 is 18.0 Å². The molecule has 3 rings (SSSR count). The summed E-state index contributed by atoms with van der Waals surface area (Å²) in [6.45, 7) is 1.54. The third-order valence-electron chi connectivity index (χ3n) is 4.05. The maximum atomic E-state index is 12.7. The van der Waals surface area contributed by atoms with Gasteiger partial charge in [0, 0.05) is 12.1 Å². The van der Waals surface area contributed by atoms with Gasteiger partial charge in [-0.15, -0.1) is 0 Å². The summed E-state index contributed by atoms with van der Waals surface area (Å²) in [4.78, 5) is 29.4. The zero-order valence-electron chi connectivity index (χ0n) is 14.4. The minimum absolute atomic E-state index is 0.216. The smallest absolute Gasteiger partial charge is 0.325 e. The van der Waals surface area contributed by atoms with Gasteiger partial charge in [-0.2, -0.15) is 13.2 Å². The number of nitrogens with one attached hydrogen (secondary N) is 1. The summed E-state index contributed by atoms with van der Waals surface area (Å²) in [6, 6.07) is 11.0. The number of benzene rings is 2. The second-order valence-electron chi connectivity index (χ2n) is 5.91. The Labute approximate surface area is 152 Å². The third kappa shape index (κ3) is 3.99. The first-order chi connectivity index (χ1) is 12.8. The fraction of sp³-hybridized carbons (Fsp3) is 0.211. The van der Waals surface area contributed by atoms with Gasteiger partial charge in [0.15, 0.2) is 0 Å². The van der Waals surface area contributed by atoms with Crippen LogP contribution in [0.4, 0.5) is 18.9 Å². The lowest BCUT2D eigenvalue weighted by molar-refractivity contribution is -0.137. The number of alkyl halides is 3. The molecule has 0 aliphatic rings. The normalized spacial score (nSPS) is 11.6.